The summed E-state index contributed by atoms with van der Waals surface area (Å²) in [5.74, 6) is 6.65. The van der Waals surface area contributed by atoms with Gasteiger partial charge in [-0.1, -0.05) is 23.4 Å². The van der Waals surface area contributed by atoms with E-state index in [4.69, 9.17) is 21.1 Å². The minimum atomic E-state index is 0. The first kappa shape index (κ1) is 17.1. The van der Waals surface area contributed by atoms with Gasteiger partial charge in [0.25, 0.3) is 0 Å². The van der Waals surface area contributed by atoms with E-state index >= 15 is 0 Å². The van der Waals surface area contributed by atoms with Crippen molar-refractivity contribution in [1.29, 1.82) is 0 Å². The maximum absolute atomic E-state index is 5.75. The average molecular weight is 290 g/mol. The summed E-state index contributed by atoms with van der Waals surface area (Å²) < 4.78 is 10.3. The minimum Gasteiger partial charge on any atom is -0.481 e. The molecule has 1 N–H and O–H groups in total. The van der Waals surface area contributed by atoms with E-state index in [1.165, 1.54) is 0 Å². The summed E-state index contributed by atoms with van der Waals surface area (Å²) in [5, 5.41) is 3.82. The van der Waals surface area contributed by atoms with Crippen LogP contribution in [-0.4, -0.2) is 33.4 Å². The second-order valence-corrected chi connectivity index (χ2v) is 3.70. The van der Waals surface area contributed by atoms with E-state index in [9.17, 15) is 0 Å². The summed E-state index contributed by atoms with van der Waals surface area (Å²) in [6.07, 6.45) is 0. The van der Waals surface area contributed by atoms with E-state index in [1.807, 2.05) is 12.1 Å². The third-order valence-electron chi connectivity index (χ3n) is 1.95. The number of ether oxygens (including phenoxy) is 2. The molecule has 5 heteroatoms. The van der Waals surface area contributed by atoms with Crippen molar-refractivity contribution in [3.05, 3.63) is 29.3 Å². The van der Waals surface area contributed by atoms with Gasteiger partial charge < -0.3 is 14.8 Å². The first-order valence-corrected chi connectivity index (χ1v) is 5.74. The van der Waals surface area contributed by atoms with Crippen LogP contribution >= 0.6 is 24.0 Å². The number of hydrogen-bond acceptors (Lipinski definition) is 3. The van der Waals surface area contributed by atoms with Gasteiger partial charge in [0.05, 0.1) is 13.2 Å². The Kier molecular flexibility index (Phi) is 10.6. The Morgan fingerprint density at radius 2 is 1.94 bits per heavy atom. The predicted molar refractivity (Wildman–Crippen MR) is 76.7 cm³/mol. The lowest BCUT2D eigenvalue weighted by atomic mass is 10.3. The van der Waals surface area contributed by atoms with Crippen LogP contribution in [0.1, 0.15) is 0 Å². The molecule has 0 unspecified atom stereocenters. The van der Waals surface area contributed by atoms with Gasteiger partial charge in [0, 0.05) is 18.7 Å². The fourth-order valence-corrected chi connectivity index (χ4v) is 1.21. The normalized spacial score (nSPS) is 9.00. The second-order valence-electron chi connectivity index (χ2n) is 3.27. The van der Waals surface area contributed by atoms with Crippen molar-refractivity contribution in [2.24, 2.45) is 0 Å². The minimum absolute atomic E-state index is 0. The zero-order valence-corrected chi connectivity index (χ0v) is 11.8. The molecule has 100 valence electrons. The van der Waals surface area contributed by atoms with Gasteiger partial charge in [-0.25, -0.2) is 0 Å². The Bertz CT molecular complexity index is 371. The van der Waals surface area contributed by atoms with Crippen LogP contribution in [0.4, 0.5) is 0 Å². The van der Waals surface area contributed by atoms with E-state index < -0.39 is 0 Å². The van der Waals surface area contributed by atoms with Crippen molar-refractivity contribution >= 4 is 24.0 Å². The molecular formula is C13H17Cl2NO2. The van der Waals surface area contributed by atoms with Gasteiger partial charge in [0.1, 0.15) is 12.4 Å². The first-order chi connectivity index (χ1) is 8.33. The largest absolute Gasteiger partial charge is 0.481 e. The number of methoxy groups -OCH3 is 1. The molecule has 0 saturated carbocycles. The van der Waals surface area contributed by atoms with E-state index in [0.29, 0.717) is 24.8 Å². The van der Waals surface area contributed by atoms with Gasteiger partial charge in [-0.05, 0) is 24.3 Å². The van der Waals surface area contributed by atoms with Crippen LogP contribution in [0, 0.1) is 11.8 Å². The molecule has 0 heterocycles. The molecule has 1 aromatic carbocycles. The van der Waals surface area contributed by atoms with Gasteiger partial charge >= 0.3 is 0 Å². The van der Waals surface area contributed by atoms with Crippen molar-refractivity contribution in [2.45, 2.75) is 0 Å². The number of benzene rings is 1. The Balaban J connectivity index is 0.00000289. The zero-order chi connectivity index (χ0) is 12.3. The number of halogens is 2. The molecule has 1 rings (SSSR count). The molecule has 0 spiro atoms. The predicted octanol–water partition coefficient (Wildman–Crippen LogP) is 2.38. The molecule has 1 aromatic rings. The second kappa shape index (κ2) is 11.2. The van der Waals surface area contributed by atoms with Crippen molar-refractivity contribution in [2.75, 3.05) is 33.4 Å². The molecule has 0 radical (unpaired) electrons. The van der Waals surface area contributed by atoms with Crippen molar-refractivity contribution < 1.29 is 9.47 Å². The number of nitrogens with one attached hydrogen (secondary N) is 1. The number of rotatable bonds is 6. The molecule has 0 saturated heterocycles. The van der Waals surface area contributed by atoms with Crippen LogP contribution in [0.3, 0.4) is 0 Å². The molecule has 0 aliphatic rings. The molecule has 0 atom stereocenters. The van der Waals surface area contributed by atoms with Crippen LogP contribution in [0.2, 0.25) is 5.02 Å². The maximum atomic E-state index is 5.75. The molecule has 0 fully saturated rings. The summed E-state index contributed by atoms with van der Waals surface area (Å²) in [6, 6.07) is 7.22. The molecule has 0 aliphatic heterocycles. The highest BCUT2D eigenvalue weighted by Gasteiger charge is 1.90. The first-order valence-electron chi connectivity index (χ1n) is 5.36. The summed E-state index contributed by atoms with van der Waals surface area (Å²) in [4.78, 5) is 0. The smallest absolute Gasteiger partial charge is 0.149 e. The lowest BCUT2D eigenvalue weighted by Gasteiger charge is -2.01. The van der Waals surface area contributed by atoms with E-state index in [0.717, 1.165) is 12.3 Å². The topological polar surface area (TPSA) is 30.5 Å². The van der Waals surface area contributed by atoms with E-state index in [-0.39, 0.29) is 12.4 Å². The van der Waals surface area contributed by atoms with Crippen molar-refractivity contribution in [3.8, 4) is 17.6 Å². The lowest BCUT2D eigenvalue weighted by Crippen LogP contribution is -2.19. The zero-order valence-electron chi connectivity index (χ0n) is 10.2. The van der Waals surface area contributed by atoms with Gasteiger partial charge in [-0.2, -0.15) is 0 Å². The molecule has 18 heavy (non-hydrogen) atoms. The van der Waals surface area contributed by atoms with Gasteiger partial charge in [-0.3, -0.25) is 0 Å². The molecule has 0 bridgehead atoms. The van der Waals surface area contributed by atoms with Crippen molar-refractivity contribution in [3.63, 3.8) is 0 Å². The van der Waals surface area contributed by atoms with E-state index in [1.54, 1.807) is 19.2 Å². The van der Waals surface area contributed by atoms with Gasteiger partial charge in [0.15, 0.2) is 0 Å². The standard InChI is InChI=1S/C13H16ClNO2.ClH/c1-16-11-9-15-8-2-3-10-17-13-6-4-12(14)5-7-13;/h4-7,15H,8-11H2,1H3;1H. The molecule has 3 nitrogen and oxygen atoms in total. The third-order valence-corrected chi connectivity index (χ3v) is 2.20. The van der Waals surface area contributed by atoms with Gasteiger partial charge in [0.2, 0.25) is 0 Å². The average Bonchev–Trinajstić information content (AvgIpc) is 2.35. The summed E-state index contributed by atoms with van der Waals surface area (Å²) in [5.41, 5.74) is 0. The third kappa shape index (κ3) is 8.21. The maximum Gasteiger partial charge on any atom is 0.149 e. The highest BCUT2D eigenvalue weighted by molar-refractivity contribution is 6.30. The highest BCUT2D eigenvalue weighted by atomic mass is 35.5. The molecule has 0 aromatic heterocycles. The van der Waals surface area contributed by atoms with Crippen LogP contribution in [0.15, 0.2) is 24.3 Å². The van der Waals surface area contributed by atoms with Gasteiger partial charge in [-0.15, -0.1) is 12.4 Å². The van der Waals surface area contributed by atoms with Crippen LogP contribution in [0.25, 0.3) is 0 Å². The SMILES string of the molecule is COCCNCC#CCOc1ccc(Cl)cc1.Cl. The Labute approximate surface area is 119 Å². The van der Waals surface area contributed by atoms with Crippen LogP contribution < -0.4 is 10.1 Å². The fraction of sp³-hybridized carbons (Fsp3) is 0.385. The highest BCUT2D eigenvalue weighted by Crippen LogP contribution is 2.14. The monoisotopic (exact) mass is 289 g/mol. The molecule has 0 aliphatic carbocycles. The lowest BCUT2D eigenvalue weighted by molar-refractivity contribution is 0.200. The van der Waals surface area contributed by atoms with Crippen molar-refractivity contribution in [1.82, 2.24) is 5.32 Å². The van der Waals surface area contributed by atoms with E-state index in [2.05, 4.69) is 17.2 Å². The fourth-order valence-electron chi connectivity index (χ4n) is 1.09. The van der Waals surface area contributed by atoms with Crippen LogP contribution in [-0.2, 0) is 4.74 Å². The molecular weight excluding hydrogens is 273 g/mol. The summed E-state index contributed by atoms with van der Waals surface area (Å²) in [7, 11) is 1.67. The Morgan fingerprint density at radius 3 is 2.61 bits per heavy atom. The summed E-state index contributed by atoms with van der Waals surface area (Å²) in [6.45, 7) is 2.53. The Morgan fingerprint density at radius 1 is 1.22 bits per heavy atom. The molecule has 0 amide bonds. The number of hydrogen-bond donors (Lipinski definition) is 1. The van der Waals surface area contributed by atoms with Crippen LogP contribution in [0.5, 0.6) is 5.75 Å². The quantitative estimate of drug-likeness (QED) is 0.644. The Hall–Kier alpha value is -0.920. The summed E-state index contributed by atoms with van der Waals surface area (Å²) >= 11 is 5.75.